The molecule has 0 radical (unpaired) electrons. The molecule has 2 aromatic carbocycles. The number of nitrogens with zero attached hydrogens (tertiary/aromatic N) is 1. The third-order valence-corrected chi connectivity index (χ3v) is 3.94. The van der Waals surface area contributed by atoms with Gasteiger partial charge in [0, 0.05) is 34.3 Å². The molecular formula is C18H17N5O4. The van der Waals surface area contributed by atoms with E-state index in [1.807, 2.05) is 0 Å². The van der Waals surface area contributed by atoms with Gasteiger partial charge in [0.1, 0.15) is 17.3 Å². The van der Waals surface area contributed by atoms with Crippen LogP contribution in [0.1, 0.15) is 11.1 Å². The smallest absolute Gasteiger partial charge is 0.317 e. The Hall–Kier alpha value is -4.01. The molecule has 1 heterocycles. The summed E-state index contributed by atoms with van der Waals surface area (Å²) in [5.74, 6) is 1.30. The van der Waals surface area contributed by atoms with Crippen LogP contribution in [-0.4, -0.2) is 15.9 Å². The topological polar surface area (TPSA) is 149 Å². The summed E-state index contributed by atoms with van der Waals surface area (Å²) in [4.78, 5) is 24.7. The molecule has 138 valence electrons. The number of nitro benzene ring substituents is 1. The number of nitrogens with one attached hydrogen (secondary N) is 2. The van der Waals surface area contributed by atoms with Gasteiger partial charge in [0.2, 0.25) is 0 Å². The normalized spacial score (nSPS) is 10.6. The van der Waals surface area contributed by atoms with Gasteiger partial charge in [-0.1, -0.05) is 6.58 Å². The van der Waals surface area contributed by atoms with Crippen LogP contribution in [0.4, 0.5) is 16.3 Å². The maximum Gasteiger partial charge on any atom is 0.317 e. The van der Waals surface area contributed by atoms with Gasteiger partial charge >= 0.3 is 6.03 Å². The number of primary amides is 1. The monoisotopic (exact) mass is 367 g/mol. The number of hydrogen-bond acceptors (Lipinski definition) is 5. The number of hydrogen-bond donors (Lipinski definition) is 4. The number of benzene rings is 2. The molecule has 3 rings (SSSR count). The van der Waals surface area contributed by atoms with E-state index in [1.54, 1.807) is 31.2 Å². The summed E-state index contributed by atoms with van der Waals surface area (Å²) in [5.41, 5.74) is 13.0. The van der Waals surface area contributed by atoms with Gasteiger partial charge in [-0.15, -0.1) is 0 Å². The summed E-state index contributed by atoms with van der Waals surface area (Å²) in [6.45, 7) is 5.36. The van der Waals surface area contributed by atoms with Crippen molar-refractivity contribution in [2.75, 3.05) is 5.32 Å². The molecule has 9 heteroatoms. The van der Waals surface area contributed by atoms with Crippen molar-refractivity contribution in [3.8, 4) is 11.5 Å². The van der Waals surface area contributed by atoms with Gasteiger partial charge in [-0.3, -0.25) is 15.4 Å². The molecule has 27 heavy (non-hydrogen) atoms. The summed E-state index contributed by atoms with van der Waals surface area (Å²) in [6, 6.07) is 8.96. The van der Waals surface area contributed by atoms with E-state index in [0.29, 0.717) is 34.0 Å². The van der Waals surface area contributed by atoms with E-state index in [1.165, 1.54) is 12.1 Å². The standard InChI is InChI=1S/C18H17N5O4/c1-9-7-11(4-6-15(9)23(25)26)27-12-3-5-13-14(8-12)21-17(22-18(20)24)16(13)10(2)19/h3-8,21H,2,19H2,1H3,(H3,20,22,24). The molecule has 3 aromatic rings. The molecule has 2 amide bonds. The predicted octanol–water partition coefficient (Wildman–Crippen LogP) is 3.60. The maximum atomic E-state index is 11.2. The summed E-state index contributed by atoms with van der Waals surface area (Å²) in [7, 11) is 0. The maximum absolute atomic E-state index is 11.2. The lowest BCUT2D eigenvalue weighted by atomic mass is 10.1. The lowest BCUT2D eigenvalue weighted by molar-refractivity contribution is -0.385. The fourth-order valence-corrected chi connectivity index (χ4v) is 2.82. The summed E-state index contributed by atoms with van der Waals surface area (Å²) in [5, 5.41) is 14.1. The van der Waals surface area contributed by atoms with Crippen molar-refractivity contribution in [2.45, 2.75) is 6.92 Å². The Morgan fingerprint density at radius 3 is 2.48 bits per heavy atom. The molecule has 0 aliphatic heterocycles. The van der Waals surface area contributed by atoms with Crippen LogP contribution in [0.15, 0.2) is 43.0 Å². The van der Waals surface area contributed by atoms with Gasteiger partial charge in [0.05, 0.1) is 10.4 Å². The number of carbonyl (C=O) groups excluding carboxylic acids is 1. The number of rotatable bonds is 5. The first kappa shape index (κ1) is 17.8. The van der Waals surface area contributed by atoms with E-state index in [2.05, 4.69) is 16.9 Å². The number of anilines is 1. The van der Waals surface area contributed by atoms with E-state index in [9.17, 15) is 14.9 Å². The number of urea groups is 1. The summed E-state index contributed by atoms with van der Waals surface area (Å²) < 4.78 is 5.78. The van der Waals surface area contributed by atoms with Crippen LogP contribution in [0, 0.1) is 17.0 Å². The lowest BCUT2D eigenvalue weighted by Gasteiger charge is -2.07. The van der Waals surface area contributed by atoms with Gasteiger partial charge in [0.15, 0.2) is 0 Å². The molecule has 0 bridgehead atoms. The van der Waals surface area contributed by atoms with Crippen molar-refractivity contribution in [2.24, 2.45) is 11.5 Å². The summed E-state index contributed by atoms with van der Waals surface area (Å²) >= 11 is 0. The molecule has 0 saturated heterocycles. The van der Waals surface area contributed by atoms with E-state index >= 15 is 0 Å². The van der Waals surface area contributed by atoms with E-state index in [4.69, 9.17) is 16.2 Å². The number of aryl methyl sites for hydroxylation is 1. The highest BCUT2D eigenvalue weighted by Gasteiger charge is 2.15. The SMILES string of the molecule is C=C(N)c1c(NC(N)=O)[nH]c2cc(Oc3ccc([N+](=O)[O-])c(C)c3)ccc12. The first-order chi connectivity index (χ1) is 12.8. The molecule has 0 aliphatic rings. The first-order valence-electron chi connectivity index (χ1n) is 7.86. The van der Waals surface area contributed by atoms with Gasteiger partial charge in [0.25, 0.3) is 5.69 Å². The van der Waals surface area contributed by atoms with Crippen LogP contribution in [0.5, 0.6) is 11.5 Å². The molecule has 6 N–H and O–H groups in total. The van der Waals surface area contributed by atoms with E-state index in [0.717, 1.165) is 5.39 Å². The molecule has 0 aliphatic carbocycles. The number of carbonyl (C=O) groups is 1. The minimum Gasteiger partial charge on any atom is -0.457 e. The van der Waals surface area contributed by atoms with Crippen LogP contribution in [-0.2, 0) is 0 Å². The lowest BCUT2D eigenvalue weighted by Crippen LogP contribution is -2.20. The number of fused-ring (bicyclic) bond motifs is 1. The number of ether oxygens (including phenoxy) is 1. The Bertz CT molecular complexity index is 1090. The number of amides is 2. The van der Waals surface area contributed by atoms with Crippen LogP contribution in [0.25, 0.3) is 16.6 Å². The van der Waals surface area contributed by atoms with Gasteiger partial charge < -0.3 is 21.2 Å². The highest BCUT2D eigenvalue weighted by molar-refractivity contribution is 6.02. The molecule has 0 saturated carbocycles. The molecule has 1 aromatic heterocycles. The van der Waals surface area contributed by atoms with Crippen molar-refractivity contribution in [3.05, 3.63) is 64.2 Å². The fourth-order valence-electron chi connectivity index (χ4n) is 2.82. The number of nitrogens with two attached hydrogens (primary N) is 2. The van der Waals surface area contributed by atoms with Crippen molar-refractivity contribution < 1.29 is 14.5 Å². The third kappa shape index (κ3) is 3.52. The van der Waals surface area contributed by atoms with Crippen LogP contribution < -0.4 is 21.5 Å². The Kier molecular flexibility index (Phi) is 4.43. The highest BCUT2D eigenvalue weighted by Crippen LogP contribution is 2.34. The molecule has 0 unspecified atom stereocenters. The molecule has 0 spiro atoms. The molecule has 0 atom stereocenters. The zero-order valence-corrected chi connectivity index (χ0v) is 14.4. The zero-order chi connectivity index (χ0) is 19.7. The Balaban J connectivity index is 1.97. The third-order valence-electron chi connectivity index (χ3n) is 3.94. The van der Waals surface area contributed by atoms with Crippen LogP contribution in [0.2, 0.25) is 0 Å². The number of aromatic nitrogens is 1. The number of H-pyrrole nitrogens is 1. The second-order valence-electron chi connectivity index (χ2n) is 5.90. The van der Waals surface area contributed by atoms with Crippen molar-refractivity contribution in [1.29, 1.82) is 0 Å². The minimum atomic E-state index is -0.734. The quantitative estimate of drug-likeness (QED) is 0.401. The predicted molar refractivity (Wildman–Crippen MR) is 103 cm³/mol. The zero-order valence-electron chi connectivity index (χ0n) is 14.4. The van der Waals surface area contributed by atoms with Crippen molar-refractivity contribution in [1.82, 2.24) is 4.98 Å². The summed E-state index contributed by atoms with van der Waals surface area (Å²) in [6.07, 6.45) is 0. The average Bonchev–Trinajstić information content (AvgIpc) is 2.90. The Morgan fingerprint density at radius 2 is 1.89 bits per heavy atom. The van der Waals surface area contributed by atoms with Crippen molar-refractivity contribution in [3.63, 3.8) is 0 Å². The molecular weight excluding hydrogens is 350 g/mol. The number of nitro groups is 1. The number of aromatic amines is 1. The largest absolute Gasteiger partial charge is 0.457 e. The van der Waals surface area contributed by atoms with Crippen LogP contribution >= 0.6 is 0 Å². The van der Waals surface area contributed by atoms with Gasteiger partial charge in [-0.05, 0) is 31.2 Å². The minimum absolute atomic E-state index is 0.0236. The Labute approximate surface area is 153 Å². The second-order valence-corrected chi connectivity index (χ2v) is 5.90. The average molecular weight is 367 g/mol. The first-order valence-corrected chi connectivity index (χ1v) is 7.86. The fraction of sp³-hybridized carbons (Fsp3) is 0.0556. The van der Waals surface area contributed by atoms with Crippen molar-refractivity contribution >= 4 is 34.1 Å². The van der Waals surface area contributed by atoms with Gasteiger partial charge in [-0.25, -0.2) is 4.79 Å². The van der Waals surface area contributed by atoms with Gasteiger partial charge in [-0.2, -0.15) is 0 Å². The molecule has 9 nitrogen and oxygen atoms in total. The Morgan fingerprint density at radius 1 is 1.22 bits per heavy atom. The molecule has 0 fully saturated rings. The van der Waals surface area contributed by atoms with Crippen LogP contribution in [0.3, 0.4) is 0 Å². The van der Waals surface area contributed by atoms with E-state index in [-0.39, 0.29) is 11.4 Å². The second kappa shape index (κ2) is 6.71. The highest BCUT2D eigenvalue weighted by atomic mass is 16.6. The van der Waals surface area contributed by atoms with E-state index < -0.39 is 11.0 Å².